The number of nitrogens with zero attached hydrogens (tertiary/aromatic N) is 5. The molecule has 0 aliphatic carbocycles. The summed E-state index contributed by atoms with van der Waals surface area (Å²) in [5.41, 5.74) is 2.01. The van der Waals surface area contributed by atoms with E-state index in [0.717, 1.165) is 44.8 Å². The maximum Gasteiger partial charge on any atom is 0.300 e. The van der Waals surface area contributed by atoms with Crippen LogP contribution < -0.4 is 15.1 Å². The van der Waals surface area contributed by atoms with Crippen LogP contribution in [0.1, 0.15) is 29.8 Å². The second-order valence-corrected chi connectivity index (χ2v) is 8.44. The second kappa shape index (κ2) is 8.80. The van der Waals surface area contributed by atoms with Crippen LogP contribution >= 0.6 is 15.9 Å². The Morgan fingerprint density at radius 1 is 1.00 bits per heavy atom. The third kappa shape index (κ3) is 4.35. The quantitative estimate of drug-likeness (QED) is 0.559. The number of fused-ring (bicyclic) bond motifs is 1. The van der Waals surface area contributed by atoms with Gasteiger partial charge in [-0.15, -0.1) is 0 Å². The topological polar surface area (TPSA) is 96.6 Å². The van der Waals surface area contributed by atoms with Gasteiger partial charge in [0.15, 0.2) is 11.4 Å². The fraction of sp³-hybridized carbons (Fsp3) is 0.429. The monoisotopic (exact) mass is 486 g/mol. The van der Waals surface area contributed by atoms with Crippen molar-refractivity contribution in [3.05, 3.63) is 34.6 Å². The second-order valence-electron chi connectivity index (χ2n) is 7.62. The van der Waals surface area contributed by atoms with Crippen molar-refractivity contribution in [3.8, 4) is 0 Å². The van der Waals surface area contributed by atoms with Crippen LogP contribution in [-0.4, -0.2) is 60.3 Å². The van der Waals surface area contributed by atoms with Crippen molar-refractivity contribution in [2.24, 2.45) is 0 Å². The van der Waals surface area contributed by atoms with Crippen molar-refractivity contribution in [2.45, 2.75) is 19.3 Å². The Bertz CT molecular complexity index is 1090. The molecule has 162 valence electrons. The molecule has 5 rings (SSSR count). The molecular formula is C21H23BrN6O3. The molecule has 0 bridgehead atoms. The first-order valence-corrected chi connectivity index (χ1v) is 11.3. The average molecular weight is 487 g/mol. The first-order chi connectivity index (χ1) is 15.2. The third-order valence-electron chi connectivity index (χ3n) is 5.48. The molecule has 3 aromatic rings. The van der Waals surface area contributed by atoms with E-state index in [1.54, 1.807) is 18.2 Å². The summed E-state index contributed by atoms with van der Waals surface area (Å²) in [5, 5.41) is 2.98. The number of aromatic nitrogens is 3. The number of nitrogens with one attached hydrogen (secondary N) is 1. The summed E-state index contributed by atoms with van der Waals surface area (Å²) in [4.78, 5) is 30.8. The fourth-order valence-electron chi connectivity index (χ4n) is 3.89. The standard InChI is InChI=1S/C21H23BrN6O3/c22-17-6-4-5-14(23-17)20(29)24-15-13-16-18(25-19(15)27-7-2-1-3-8-27)26-21(31-16)28-9-11-30-12-10-28/h4-6,13H,1-3,7-12H2,(H,24,29). The summed E-state index contributed by atoms with van der Waals surface area (Å²) in [5.74, 6) is 0.422. The molecule has 2 aliphatic rings. The van der Waals surface area contributed by atoms with Crippen LogP contribution in [0.2, 0.25) is 0 Å². The molecule has 31 heavy (non-hydrogen) atoms. The first-order valence-electron chi connectivity index (χ1n) is 10.5. The van der Waals surface area contributed by atoms with Crippen molar-refractivity contribution < 1.29 is 13.9 Å². The molecule has 2 aliphatic heterocycles. The van der Waals surface area contributed by atoms with E-state index in [-0.39, 0.29) is 5.91 Å². The Hall–Kier alpha value is -2.72. The highest BCUT2D eigenvalue weighted by atomic mass is 79.9. The largest absolute Gasteiger partial charge is 0.422 e. The molecule has 0 aromatic carbocycles. The number of carbonyl (C=O) groups excluding carboxylic acids is 1. The zero-order valence-corrected chi connectivity index (χ0v) is 18.6. The van der Waals surface area contributed by atoms with Crippen LogP contribution in [0.25, 0.3) is 11.2 Å². The lowest BCUT2D eigenvalue weighted by Gasteiger charge is -2.29. The summed E-state index contributed by atoms with van der Waals surface area (Å²) in [7, 11) is 0. The SMILES string of the molecule is O=C(Nc1cc2oc(N3CCOCC3)nc2nc1N1CCCCC1)c1cccc(Br)n1. The Morgan fingerprint density at radius 2 is 1.81 bits per heavy atom. The van der Waals surface area contributed by atoms with Gasteiger partial charge in [0.25, 0.3) is 11.9 Å². The van der Waals surface area contributed by atoms with Gasteiger partial charge in [-0.1, -0.05) is 6.07 Å². The van der Waals surface area contributed by atoms with E-state index in [2.05, 4.69) is 41.0 Å². The number of carbonyl (C=O) groups is 1. The molecule has 0 saturated carbocycles. The van der Waals surface area contributed by atoms with Crippen LogP contribution in [-0.2, 0) is 4.74 Å². The number of anilines is 3. The number of pyridine rings is 2. The van der Waals surface area contributed by atoms with Crippen LogP contribution in [0.5, 0.6) is 0 Å². The summed E-state index contributed by atoms with van der Waals surface area (Å²) in [6, 6.07) is 7.60. The average Bonchev–Trinajstić information content (AvgIpc) is 3.23. The van der Waals surface area contributed by atoms with Gasteiger partial charge in [0.2, 0.25) is 5.65 Å². The van der Waals surface area contributed by atoms with Gasteiger partial charge in [0, 0.05) is 32.2 Å². The number of halogens is 1. The molecule has 1 N–H and O–H groups in total. The molecule has 5 heterocycles. The molecule has 0 radical (unpaired) electrons. The minimum absolute atomic E-state index is 0.298. The Balaban J connectivity index is 1.51. The molecule has 0 spiro atoms. The van der Waals surface area contributed by atoms with E-state index >= 15 is 0 Å². The lowest BCUT2D eigenvalue weighted by molar-refractivity contribution is 0.102. The van der Waals surface area contributed by atoms with Gasteiger partial charge in [-0.05, 0) is 47.3 Å². The van der Waals surface area contributed by atoms with Crippen LogP contribution in [0.4, 0.5) is 17.5 Å². The maximum atomic E-state index is 12.9. The van der Waals surface area contributed by atoms with E-state index in [1.807, 2.05) is 6.07 Å². The number of rotatable bonds is 4. The van der Waals surface area contributed by atoms with Gasteiger partial charge >= 0.3 is 0 Å². The fourth-order valence-corrected chi connectivity index (χ4v) is 4.24. The van der Waals surface area contributed by atoms with Crippen molar-refractivity contribution >= 4 is 50.6 Å². The van der Waals surface area contributed by atoms with Crippen molar-refractivity contribution in [3.63, 3.8) is 0 Å². The molecular weight excluding hydrogens is 464 g/mol. The van der Waals surface area contributed by atoms with Gasteiger partial charge in [-0.2, -0.15) is 4.98 Å². The van der Waals surface area contributed by atoms with E-state index in [0.29, 0.717) is 46.4 Å². The normalized spacial score (nSPS) is 17.2. The highest BCUT2D eigenvalue weighted by Gasteiger charge is 2.23. The van der Waals surface area contributed by atoms with Crippen LogP contribution in [0, 0.1) is 0 Å². The van der Waals surface area contributed by atoms with Crippen LogP contribution in [0.3, 0.4) is 0 Å². The summed E-state index contributed by atoms with van der Waals surface area (Å²) >= 11 is 3.32. The van der Waals surface area contributed by atoms with E-state index in [1.165, 1.54) is 6.42 Å². The van der Waals surface area contributed by atoms with Crippen molar-refractivity contribution in [1.82, 2.24) is 15.0 Å². The van der Waals surface area contributed by atoms with Gasteiger partial charge in [-0.25, -0.2) is 9.97 Å². The number of hydrogen-bond acceptors (Lipinski definition) is 8. The summed E-state index contributed by atoms with van der Waals surface area (Å²) in [6.07, 6.45) is 3.39. The lowest BCUT2D eigenvalue weighted by Crippen LogP contribution is -2.36. The van der Waals surface area contributed by atoms with Gasteiger partial charge in [-0.3, -0.25) is 4.79 Å². The molecule has 0 atom stereocenters. The number of amides is 1. The summed E-state index contributed by atoms with van der Waals surface area (Å²) < 4.78 is 12.0. The lowest BCUT2D eigenvalue weighted by atomic mass is 10.1. The number of ether oxygens (including phenoxy) is 1. The number of oxazole rings is 1. The highest BCUT2D eigenvalue weighted by molar-refractivity contribution is 9.10. The number of hydrogen-bond donors (Lipinski definition) is 1. The third-order valence-corrected chi connectivity index (χ3v) is 5.93. The molecule has 10 heteroatoms. The first kappa shape index (κ1) is 20.2. The zero-order chi connectivity index (χ0) is 21.2. The Kier molecular flexibility index (Phi) is 5.73. The van der Waals surface area contributed by atoms with Gasteiger partial charge in [0.05, 0.1) is 18.9 Å². The number of morpholine rings is 1. The molecule has 2 fully saturated rings. The predicted molar refractivity (Wildman–Crippen MR) is 121 cm³/mol. The van der Waals surface area contributed by atoms with Crippen LogP contribution in [0.15, 0.2) is 33.3 Å². The van der Waals surface area contributed by atoms with Crippen molar-refractivity contribution in [1.29, 1.82) is 0 Å². The minimum atomic E-state index is -0.298. The van der Waals surface area contributed by atoms with Crippen molar-refractivity contribution in [2.75, 3.05) is 54.5 Å². The van der Waals surface area contributed by atoms with E-state index in [9.17, 15) is 4.79 Å². The molecule has 1 amide bonds. The van der Waals surface area contributed by atoms with Gasteiger partial charge in [0.1, 0.15) is 10.3 Å². The summed E-state index contributed by atoms with van der Waals surface area (Å²) in [6.45, 7) is 4.53. The molecule has 2 saturated heterocycles. The predicted octanol–water partition coefficient (Wildman–Crippen LogP) is 3.46. The highest BCUT2D eigenvalue weighted by Crippen LogP contribution is 2.32. The zero-order valence-electron chi connectivity index (χ0n) is 17.0. The molecule has 3 aromatic heterocycles. The van der Waals surface area contributed by atoms with E-state index in [4.69, 9.17) is 14.1 Å². The van der Waals surface area contributed by atoms with E-state index < -0.39 is 0 Å². The maximum absolute atomic E-state index is 12.9. The molecule has 0 unspecified atom stereocenters. The smallest absolute Gasteiger partial charge is 0.300 e. The molecule has 9 nitrogen and oxygen atoms in total. The number of piperidine rings is 1. The Labute approximate surface area is 187 Å². The minimum Gasteiger partial charge on any atom is -0.422 e. The van der Waals surface area contributed by atoms with Gasteiger partial charge < -0.3 is 24.3 Å². The Morgan fingerprint density at radius 3 is 2.58 bits per heavy atom.